The van der Waals surface area contributed by atoms with Crippen LogP contribution >= 0.6 is 0 Å². The van der Waals surface area contributed by atoms with Gasteiger partial charge in [-0.2, -0.15) is 0 Å². The van der Waals surface area contributed by atoms with Crippen LogP contribution in [0.25, 0.3) is 0 Å². The highest BCUT2D eigenvalue weighted by molar-refractivity contribution is 5.76. The van der Waals surface area contributed by atoms with Crippen molar-refractivity contribution in [2.24, 2.45) is 11.7 Å². The fraction of sp³-hybridized carbons (Fsp3) is 0.600. The summed E-state index contributed by atoms with van der Waals surface area (Å²) in [5.41, 5.74) is 5.12. The SMILES string of the molecule is CCc1cnc(CNCC(C)C(N)=O)o1. The van der Waals surface area contributed by atoms with E-state index >= 15 is 0 Å². The maximum absolute atomic E-state index is 10.7. The van der Waals surface area contributed by atoms with Gasteiger partial charge in [0.05, 0.1) is 12.7 Å². The van der Waals surface area contributed by atoms with E-state index < -0.39 is 0 Å². The minimum atomic E-state index is -0.302. The first kappa shape index (κ1) is 11.7. The number of primary amides is 1. The molecule has 1 rings (SSSR count). The molecule has 15 heavy (non-hydrogen) atoms. The van der Waals surface area contributed by atoms with Crippen molar-refractivity contribution in [3.63, 3.8) is 0 Å². The van der Waals surface area contributed by atoms with Gasteiger partial charge in [-0.05, 0) is 0 Å². The summed E-state index contributed by atoms with van der Waals surface area (Å²) in [6.07, 6.45) is 2.55. The Morgan fingerprint density at radius 3 is 3.00 bits per heavy atom. The van der Waals surface area contributed by atoms with Gasteiger partial charge in [-0.25, -0.2) is 4.98 Å². The largest absolute Gasteiger partial charge is 0.444 e. The van der Waals surface area contributed by atoms with Crippen LogP contribution in [0.4, 0.5) is 0 Å². The molecule has 1 atom stereocenters. The van der Waals surface area contributed by atoms with Gasteiger partial charge in [0, 0.05) is 18.9 Å². The molecule has 0 aliphatic rings. The zero-order valence-corrected chi connectivity index (χ0v) is 9.12. The minimum Gasteiger partial charge on any atom is -0.444 e. The lowest BCUT2D eigenvalue weighted by Crippen LogP contribution is -2.30. The van der Waals surface area contributed by atoms with E-state index in [0.717, 1.165) is 12.2 Å². The van der Waals surface area contributed by atoms with Crippen LogP contribution in [0.5, 0.6) is 0 Å². The zero-order chi connectivity index (χ0) is 11.3. The van der Waals surface area contributed by atoms with Gasteiger partial charge in [-0.3, -0.25) is 4.79 Å². The van der Waals surface area contributed by atoms with Crippen molar-refractivity contribution in [1.82, 2.24) is 10.3 Å². The summed E-state index contributed by atoms with van der Waals surface area (Å²) in [6.45, 7) is 4.85. The first-order valence-corrected chi connectivity index (χ1v) is 5.07. The molecule has 1 aromatic rings. The lowest BCUT2D eigenvalue weighted by atomic mass is 10.2. The number of aryl methyl sites for hydroxylation is 1. The smallest absolute Gasteiger partial charge is 0.221 e. The van der Waals surface area contributed by atoms with Crippen molar-refractivity contribution in [2.45, 2.75) is 26.8 Å². The fourth-order valence-corrected chi connectivity index (χ4v) is 1.09. The first-order valence-electron chi connectivity index (χ1n) is 5.07. The van der Waals surface area contributed by atoms with E-state index in [1.54, 1.807) is 13.1 Å². The second-order valence-corrected chi connectivity index (χ2v) is 3.51. The van der Waals surface area contributed by atoms with Gasteiger partial charge in [0.25, 0.3) is 0 Å². The summed E-state index contributed by atoms with van der Waals surface area (Å²) < 4.78 is 5.39. The third kappa shape index (κ3) is 3.71. The molecule has 1 heterocycles. The van der Waals surface area contributed by atoms with Crippen molar-refractivity contribution in [3.05, 3.63) is 17.8 Å². The number of carbonyl (C=O) groups is 1. The molecular weight excluding hydrogens is 194 g/mol. The third-order valence-electron chi connectivity index (χ3n) is 2.16. The highest BCUT2D eigenvalue weighted by Crippen LogP contribution is 2.03. The molecule has 0 saturated heterocycles. The Balaban J connectivity index is 2.28. The minimum absolute atomic E-state index is 0.175. The number of hydrogen-bond acceptors (Lipinski definition) is 4. The second-order valence-electron chi connectivity index (χ2n) is 3.51. The Morgan fingerprint density at radius 1 is 1.73 bits per heavy atom. The molecule has 1 unspecified atom stereocenters. The Labute approximate surface area is 89.1 Å². The quantitative estimate of drug-likeness (QED) is 0.715. The standard InChI is InChI=1S/C10H17N3O2/c1-3-8-5-13-9(15-8)6-12-4-7(2)10(11)14/h5,7,12H,3-4,6H2,1-2H3,(H2,11,14). The number of rotatable bonds is 6. The molecule has 1 aromatic heterocycles. The molecule has 0 spiro atoms. The van der Waals surface area contributed by atoms with Crippen LogP contribution in [-0.2, 0) is 17.8 Å². The van der Waals surface area contributed by atoms with Crippen LogP contribution < -0.4 is 11.1 Å². The van der Waals surface area contributed by atoms with Gasteiger partial charge in [0.1, 0.15) is 5.76 Å². The van der Waals surface area contributed by atoms with Gasteiger partial charge in [-0.15, -0.1) is 0 Å². The molecule has 84 valence electrons. The van der Waals surface area contributed by atoms with Crippen LogP contribution in [0.1, 0.15) is 25.5 Å². The van der Waals surface area contributed by atoms with Crippen LogP contribution in [-0.4, -0.2) is 17.4 Å². The number of aromatic nitrogens is 1. The number of amides is 1. The molecule has 5 heteroatoms. The molecular formula is C10H17N3O2. The number of nitrogens with one attached hydrogen (secondary N) is 1. The van der Waals surface area contributed by atoms with E-state index in [2.05, 4.69) is 10.3 Å². The molecule has 1 amide bonds. The zero-order valence-electron chi connectivity index (χ0n) is 9.12. The maximum Gasteiger partial charge on any atom is 0.221 e. The summed E-state index contributed by atoms with van der Waals surface area (Å²) in [5, 5.41) is 3.06. The molecule has 0 aliphatic heterocycles. The monoisotopic (exact) mass is 211 g/mol. The normalized spacial score (nSPS) is 12.7. The van der Waals surface area contributed by atoms with Crippen LogP contribution in [0.3, 0.4) is 0 Å². The molecule has 0 saturated carbocycles. The molecule has 0 radical (unpaired) electrons. The van der Waals surface area contributed by atoms with Gasteiger partial charge in [0.2, 0.25) is 11.8 Å². The highest BCUT2D eigenvalue weighted by Gasteiger charge is 2.08. The number of carbonyl (C=O) groups excluding carboxylic acids is 1. The van der Waals surface area contributed by atoms with E-state index in [9.17, 15) is 4.79 Å². The van der Waals surface area contributed by atoms with Gasteiger partial charge >= 0.3 is 0 Å². The topological polar surface area (TPSA) is 81.1 Å². The van der Waals surface area contributed by atoms with Gasteiger partial charge in [-0.1, -0.05) is 13.8 Å². The van der Waals surface area contributed by atoms with E-state index in [4.69, 9.17) is 10.2 Å². The van der Waals surface area contributed by atoms with Gasteiger partial charge in [0.15, 0.2) is 0 Å². The van der Waals surface area contributed by atoms with Crippen LogP contribution in [0.2, 0.25) is 0 Å². The summed E-state index contributed by atoms with van der Waals surface area (Å²) in [6, 6.07) is 0. The van der Waals surface area contributed by atoms with Crippen LogP contribution in [0.15, 0.2) is 10.6 Å². The Morgan fingerprint density at radius 2 is 2.47 bits per heavy atom. The fourth-order valence-electron chi connectivity index (χ4n) is 1.09. The number of oxazole rings is 1. The lowest BCUT2D eigenvalue weighted by Gasteiger charge is -2.06. The number of hydrogen-bond donors (Lipinski definition) is 2. The van der Waals surface area contributed by atoms with Crippen molar-refractivity contribution in [1.29, 1.82) is 0 Å². The van der Waals surface area contributed by atoms with Gasteiger partial charge < -0.3 is 15.5 Å². The summed E-state index contributed by atoms with van der Waals surface area (Å²) >= 11 is 0. The predicted octanol–water partition coefficient (Wildman–Crippen LogP) is 0.448. The molecule has 5 nitrogen and oxygen atoms in total. The Bertz CT molecular complexity index is 322. The van der Waals surface area contributed by atoms with Crippen molar-refractivity contribution in [2.75, 3.05) is 6.54 Å². The Kier molecular flexibility index (Phi) is 4.30. The number of nitrogens with two attached hydrogens (primary N) is 1. The molecule has 3 N–H and O–H groups in total. The van der Waals surface area contributed by atoms with E-state index in [1.807, 2.05) is 6.92 Å². The summed E-state index contributed by atoms with van der Waals surface area (Å²) in [5.74, 6) is 1.04. The average Bonchev–Trinajstić information content (AvgIpc) is 2.65. The molecule has 0 aliphatic carbocycles. The van der Waals surface area contributed by atoms with Crippen molar-refractivity contribution in [3.8, 4) is 0 Å². The summed E-state index contributed by atoms with van der Waals surface area (Å²) in [7, 11) is 0. The lowest BCUT2D eigenvalue weighted by molar-refractivity contribution is -0.121. The van der Waals surface area contributed by atoms with Crippen LogP contribution in [0, 0.1) is 5.92 Å². The molecule has 0 fully saturated rings. The third-order valence-corrected chi connectivity index (χ3v) is 2.16. The number of nitrogens with zero attached hydrogens (tertiary/aromatic N) is 1. The molecule has 0 aromatic carbocycles. The predicted molar refractivity (Wildman–Crippen MR) is 55.9 cm³/mol. The summed E-state index contributed by atoms with van der Waals surface area (Å²) in [4.78, 5) is 14.8. The first-order chi connectivity index (χ1) is 7.13. The van der Waals surface area contributed by atoms with Crippen molar-refractivity contribution >= 4 is 5.91 Å². The maximum atomic E-state index is 10.7. The van der Waals surface area contributed by atoms with E-state index in [-0.39, 0.29) is 11.8 Å². The van der Waals surface area contributed by atoms with E-state index in [1.165, 1.54) is 0 Å². The highest BCUT2D eigenvalue weighted by atomic mass is 16.4. The van der Waals surface area contributed by atoms with E-state index in [0.29, 0.717) is 19.0 Å². The van der Waals surface area contributed by atoms with Crippen molar-refractivity contribution < 1.29 is 9.21 Å². The Hall–Kier alpha value is -1.36. The second kappa shape index (κ2) is 5.50. The molecule has 0 bridgehead atoms. The average molecular weight is 211 g/mol.